The first kappa shape index (κ1) is 26.8. The number of H-pyrrole nitrogens is 1. The molecular formula is C22H30N3O9P. The molecule has 2 aromatic rings. The largest absolute Gasteiger partial charge is 0.462 e. The second-order valence-corrected chi connectivity index (χ2v) is 10.1. The summed E-state index contributed by atoms with van der Waals surface area (Å²) < 4.78 is 36.7. The standard InChI is InChI=1S/C22H30N3O9P/c1-13(2)32-21(28)15(4)24-35(30,34-16-8-6-5-7-9-16)31-12-18-17(26)10-19(33-18)25-11-14(3)20(27)23-22(25)29/h5-9,11,13,15,17-19,26H,10,12H2,1-4H3,(H,24,30)(H,23,27,29)/t15-,17-,18-,19-,35?/m1/s1. The molecule has 1 aliphatic rings. The van der Waals surface area contributed by atoms with E-state index in [-0.39, 0.29) is 24.9 Å². The summed E-state index contributed by atoms with van der Waals surface area (Å²) in [6, 6.07) is 7.20. The van der Waals surface area contributed by atoms with Crippen LogP contribution in [0.5, 0.6) is 5.75 Å². The van der Waals surface area contributed by atoms with Gasteiger partial charge in [0.2, 0.25) is 0 Å². The number of hydrogen-bond acceptors (Lipinski definition) is 9. The van der Waals surface area contributed by atoms with Crippen LogP contribution in [0.25, 0.3) is 0 Å². The van der Waals surface area contributed by atoms with E-state index < -0.39 is 49.4 Å². The van der Waals surface area contributed by atoms with Crippen LogP contribution in [0, 0.1) is 6.92 Å². The molecule has 3 N–H and O–H groups in total. The van der Waals surface area contributed by atoms with Crippen molar-refractivity contribution in [2.45, 2.75) is 64.7 Å². The predicted molar refractivity (Wildman–Crippen MR) is 125 cm³/mol. The van der Waals surface area contributed by atoms with Crippen LogP contribution in [-0.4, -0.2) is 51.6 Å². The van der Waals surface area contributed by atoms with Gasteiger partial charge in [0, 0.05) is 18.2 Å². The zero-order chi connectivity index (χ0) is 25.8. The van der Waals surface area contributed by atoms with E-state index >= 15 is 0 Å². The van der Waals surface area contributed by atoms with E-state index in [9.17, 15) is 24.1 Å². The van der Waals surface area contributed by atoms with Crippen molar-refractivity contribution in [3.8, 4) is 5.75 Å². The number of nitrogens with zero attached hydrogens (tertiary/aromatic N) is 1. The van der Waals surface area contributed by atoms with E-state index in [4.69, 9.17) is 18.5 Å². The minimum Gasteiger partial charge on any atom is -0.462 e. The number of aromatic amines is 1. The average molecular weight is 511 g/mol. The number of aromatic nitrogens is 2. The maximum Gasteiger partial charge on any atom is 0.459 e. The molecule has 0 spiro atoms. The molecule has 0 aliphatic carbocycles. The number of ether oxygens (including phenoxy) is 2. The van der Waals surface area contributed by atoms with E-state index in [2.05, 4.69) is 10.1 Å². The van der Waals surface area contributed by atoms with Gasteiger partial charge in [0.15, 0.2) is 0 Å². The average Bonchev–Trinajstić information content (AvgIpc) is 3.15. The Morgan fingerprint density at radius 2 is 1.97 bits per heavy atom. The Balaban J connectivity index is 1.73. The van der Waals surface area contributed by atoms with Gasteiger partial charge in [-0.05, 0) is 39.8 Å². The molecule has 1 saturated heterocycles. The molecule has 12 nitrogen and oxygen atoms in total. The molecule has 2 heterocycles. The van der Waals surface area contributed by atoms with Gasteiger partial charge in [-0.2, -0.15) is 5.09 Å². The first-order chi connectivity index (χ1) is 16.5. The van der Waals surface area contributed by atoms with Crippen molar-refractivity contribution < 1.29 is 33.0 Å². The Morgan fingerprint density at radius 3 is 2.63 bits per heavy atom. The third-order valence-electron chi connectivity index (χ3n) is 5.10. The minimum absolute atomic E-state index is 0.0355. The van der Waals surface area contributed by atoms with Crippen LogP contribution in [0.3, 0.4) is 0 Å². The number of benzene rings is 1. The fraction of sp³-hybridized carbons (Fsp3) is 0.500. The molecular weight excluding hydrogens is 481 g/mol. The van der Waals surface area contributed by atoms with Gasteiger partial charge >= 0.3 is 19.4 Å². The van der Waals surface area contributed by atoms with Crippen LogP contribution in [0.2, 0.25) is 0 Å². The van der Waals surface area contributed by atoms with Gasteiger partial charge in [0.25, 0.3) is 5.56 Å². The summed E-state index contributed by atoms with van der Waals surface area (Å²) in [5, 5.41) is 13.0. The number of carbonyl (C=O) groups is 1. The molecule has 0 radical (unpaired) electrons. The number of aliphatic hydroxyl groups excluding tert-OH is 1. The predicted octanol–water partition coefficient (Wildman–Crippen LogP) is 1.63. The summed E-state index contributed by atoms with van der Waals surface area (Å²) in [6.07, 6.45) is -1.90. The van der Waals surface area contributed by atoms with E-state index in [1.807, 2.05) is 0 Å². The maximum absolute atomic E-state index is 13.5. The summed E-state index contributed by atoms with van der Waals surface area (Å²) >= 11 is 0. The molecule has 35 heavy (non-hydrogen) atoms. The van der Waals surface area contributed by atoms with Crippen LogP contribution >= 0.6 is 7.75 Å². The fourth-order valence-electron chi connectivity index (χ4n) is 3.34. The number of aryl methyl sites for hydroxylation is 1. The van der Waals surface area contributed by atoms with Gasteiger partial charge in [-0.1, -0.05) is 18.2 Å². The van der Waals surface area contributed by atoms with Crippen molar-refractivity contribution in [3.63, 3.8) is 0 Å². The normalized spacial score (nSPS) is 22.5. The minimum atomic E-state index is -4.15. The number of esters is 1. The Kier molecular flexibility index (Phi) is 8.68. The van der Waals surface area contributed by atoms with Gasteiger partial charge in [-0.3, -0.25) is 23.7 Å². The Bertz CT molecular complexity index is 1180. The third kappa shape index (κ3) is 7.12. The van der Waals surface area contributed by atoms with Crippen molar-refractivity contribution in [3.05, 3.63) is 62.9 Å². The molecule has 1 aromatic carbocycles. The second kappa shape index (κ2) is 11.3. The van der Waals surface area contributed by atoms with Crippen LogP contribution in [-0.2, 0) is 23.4 Å². The van der Waals surface area contributed by atoms with Crippen molar-refractivity contribution in [1.82, 2.24) is 14.6 Å². The quantitative estimate of drug-likeness (QED) is 0.316. The summed E-state index contributed by atoms with van der Waals surface area (Å²) in [6.45, 7) is 5.99. The lowest BCUT2D eigenvalue weighted by Crippen LogP contribution is -2.37. The number of para-hydroxylation sites is 1. The SMILES string of the molecule is Cc1cn([C@H]2C[C@@H](O)[C@@H](COP(=O)(N[C@H](C)C(=O)OC(C)C)Oc3ccccc3)O2)c(=O)[nH]c1=O. The Hall–Kier alpha value is -2.76. The van der Waals surface area contributed by atoms with Gasteiger partial charge in [-0.25, -0.2) is 9.36 Å². The number of nitrogens with one attached hydrogen (secondary N) is 2. The number of rotatable bonds is 10. The van der Waals surface area contributed by atoms with Crippen molar-refractivity contribution in [2.75, 3.05) is 6.61 Å². The zero-order valence-electron chi connectivity index (χ0n) is 19.9. The molecule has 13 heteroatoms. The van der Waals surface area contributed by atoms with E-state index in [1.165, 1.54) is 24.6 Å². The van der Waals surface area contributed by atoms with Gasteiger partial charge in [-0.15, -0.1) is 0 Å². The first-order valence-corrected chi connectivity index (χ1v) is 12.6. The van der Waals surface area contributed by atoms with Crippen molar-refractivity contribution >= 4 is 13.7 Å². The molecule has 1 aliphatic heterocycles. The third-order valence-corrected chi connectivity index (χ3v) is 6.74. The highest BCUT2D eigenvalue weighted by Crippen LogP contribution is 2.45. The molecule has 1 aromatic heterocycles. The molecule has 1 fully saturated rings. The first-order valence-electron chi connectivity index (χ1n) is 11.1. The van der Waals surface area contributed by atoms with E-state index in [0.717, 1.165) is 0 Å². The molecule has 1 unspecified atom stereocenters. The second-order valence-electron chi connectivity index (χ2n) is 8.44. The lowest BCUT2D eigenvalue weighted by Gasteiger charge is -2.25. The summed E-state index contributed by atoms with van der Waals surface area (Å²) in [5.41, 5.74) is -0.897. The molecule has 5 atom stereocenters. The lowest BCUT2D eigenvalue weighted by molar-refractivity contribution is -0.149. The van der Waals surface area contributed by atoms with Gasteiger partial charge in [0.05, 0.1) is 18.8 Å². The molecule has 0 bridgehead atoms. The highest BCUT2D eigenvalue weighted by atomic mass is 31.2. The summed E-state index contributed by atoms with van der Waals surface area (Å²) in [4.78, 5) is 38.2. The monoisotopic (exact) mass is 511 g/mol. The zero-order valence-corrected chi connectivity index (χ0v) is 20.8. The van der Waals surface area contributed by atoms with Crippen LogP contribution in [0.15, 0.2) is 46.1 Å². The molecule has 0 saturated carbocycles. The Morgan fingerprint density at radius 1 is 1.29 bits per heavy atom. The van der Waals surface area contributed by atoms with E-state index in [1.54, 1.807) is 44.2 Å². The van der Waals surface area contributed by atoms with Crippen LogP contribution in [0.4, 0.5) is 0 Å². The summed E-state index contributed by atoms with van der Waals surface area (Å²) in [7, 11) is -4.15. The van der Waals surface area contributed by atoms with E-state index in [0.29, 0.717) is 5.56 Å². The highest BCUT2D eigenvalue weighted by Gasteiger charge is 2.39. The molecule has 3 rings (SSSR count). The van der Waals surface area contributed by atoms with Gasteiger partial charge < -0.3 is 19.1 Å². The van der Waals surface area contributed by atoms with Crippen LogP contribution < -0.4 is 20.9 Å². The number of aliphatic hydroxyl groups is 1. The number of carbonyl (C=O) groups excluding carboxylic acids is 1. The lowest BCUT2D eigenvalue weighted by atomic mass is 10.2. The topological polar surface area (TPSA) is 158 Å². The maximum atomic E-state index is 13.5. The molecule has 192 valence electrons. The number of hydrogen-bond donors (Lipinski definition) is 3. The van der Waals surface area contributed by atoms with Crippen molar-refractivity contribution in [2.24, 2.45) is 0 Å². The fourth-order valence-corrected chi connectivity index (χ4v) is 4.84. The van der Waals surface area contributed by atoms with Crippen molar-refractivity contribution in [1.29, 1.82) is 0 Å². The Labute approximate surface area is 201 Å². The van der Waals surface area contributed by atoms with Crippen LogP contribution in [0.1, 0.15) is 39.0 Å². The molecule has 0 amide bonds. The summed E-state index contributed by atoms with van der Waals surface area (Å²) in [5.74, 6) is -0.417. The smallest absolute Gasteiger partial charge is 0.459 e. The van der Waals surface area contributed by atoms with Gasteiger partial charge in [0.1, 0.15) is 24.1 Å². The highest BCUT2D eigenvalue weighted by molar-refractivity contribution is 7.52.